The number of nitrogens with zero attached hydrogens (tertiary/aromatic N) is 1. The van der Waals surface area contributed by atoms with Gasteiger partial charge >= 0.3 is 5.97 Å². The van der Waals surface area contributed by atoms with Gasteiger partial charge in [0, 0.05) is 18.8 Å². The minimum atomic E-state index is -0.566. The van der Waals surface area contributed by atoms with Gasteiger partial charge in [0.05, 0.1) is 17.6 Å². The third-order valence-electron chi connectivity index (χ3n) is 4.09. The third-order valence-corrected chi connectivity index (χ3v) is 5.49. The normalized spacial score (nSPS) is 10.3. The van der Waals surface area contributed by atoms with Gasteiger partial charge in [0.2, 0.25) is 0 Å². The van der Waals surface area contributed by atoms with Crippen molar-refractivity contribution in [3.8, 4) is 0 Å². The average molecular weight is 424 g/mol. The molecule has 0 aliphatic carbocycles. The molecule has 0 saturated carbocycles. The molecule has 2 rings (SSSR count). The van der Waals surface area contributed by atoms with E-state index in [1.54, 1.807) is 24.0 Å². The molecule has 0 saturated heterocycles. The highest BCUT2D eigenvalue weighted by Gasteiger charge is 2.27. The van der Waals surface area contributed by atoms with E-state index in [1.165, 1.54) is 19.2 Å². The number of carbonyl (C=O) groups excluding carboxylic acids is 2. The molecule has 2 N–H and O–H groups in total. The molecule has 0 bridgehead atoms. The molecule has 150 valence electrons. The molecule has 0 unspecified atom stereocenters. The largest absolute Gasteiger partial charge is 0.465 e. The minimum Gasteiger partial charge on any atom is -0.465 e. The van der Waals surface area contributed by atoms with Gasteiger partial charge in [-0.1, -0.05) is 6.07 Å². The van der Waals surface area contributed by atoms with Crippen molar-refractivity contribution in [2.75, 3.05) is 30.8 Å². The Kier molecular flexibility index (Phi) is 7.47. The molecule has 1 heterocycles. The number of hydrogen-bond acceptors (Lipinski definition) is 5. The Morgan fingerprint density at radius 1 is 1.25 bits per heavy atom. The number of amides is 1. The fraction of sp³-hybridized carbons (Fsp3) is 0.316. The number of ether oxygens (including phenoxy) is 1. The summed E-state index contributed by atoms with van der Waals surface area (Å²) >= 11 is 6.41. The van der Waals surface area contributed by atoms with E-state index in [-0.39, 0.29) is 16.6 Å². The smallest absolute Gasteiger partial charge is 0.341 e. The molecule has 0 spiro atoms. The third kappa shape index (κ3) is 4.85. The lowest BCUT2D eigenvalue weighted by molar-refractivity contribution is 0.0601. The zero-order valence-corrected chi connectivity index (χ0v) is 17.7. The van der Waals surface area contributed by atoms with E-state index in [0.29, 0.717) is 34.2 Å². The Hall–Kier alpha value is -2.52. The Bertz CT molecular complexity index is 895. The van der Waals surface area contributed by atoms with Gasteiger partial charge in [-0.2, -0.15) is 0 Å². The van der Waals surface area contributed by atoms with Crippen molar-refractivity contribution in [2.45, 2.75) is 20.8 Å². The van der Waals surface area contributed by atoms with Gasteiger partial charge in [0.1, 0.15) is 10.8 Å². The van der Waals surface area contributed by atoms with Crippen LogP contribution in [0.2, 0.25) is 0 Å². The van der Waals surface area contributed by atoms with Gasteiger partial charge in [-0.05, 0) is 56.8 Å². The topological polar surface area (TPSA) is 70.7 Å². The molecule has 2 aromatic rings. The molecule has 0 aliphatic heterocycles. The summed E-state index contributed by atoms with van der Waals surface area (Å²) in [6.45, 7) is 6.60. The number of esters is 1. The summed E-state index contributed by atoms with van der Waals surface area (Å²) in [4.78, 5) is 27.2. The van der Waals surface area contributed by atoms with E-state index in [9.17, 15) is 14.0 Å². The maximum atomic E-state index is 13.3. The summed E-state index contributed by atoms with van der Waals surface area (Å²) in [7, 11) is 1.28. The molecule has 9 heteroatoms. The van der Waals surface area contributed by atoms with Crippen molar-refractivity contribution in [3.63, 3.8) is 0 Å². The van der Waals surface area contributed by atoms with Crippen molar-refractivity contribution in [1.82, 2.24) is 4.90 Å². The molecule has 0 atom stereocenters. The number of hydrogen-bond donors (Lipinski definition) is 2. The molecular formula is C19H22FN3O3S2. The zero-order valence-electron chi connectivity index (χ0n) is 16.1. The van der Waals surface area contributed by atoms with Gasteiger partial charge < -0.3 is 20.3 Å². The maximum absolute atomic E-state index is 13.3. The molecule has 6 nitrogen and oxygen atoms in total. The van der Waals surface area contributed by atoms with Crippen molar-refractivity contribution < 1.29 is 18.7 Å². The molecule has 28 heavy (non-hydrogen) atoms. The van der Waals surface area contributed by atoms with E-state index in [4.69, 9.17) is 17.0 Å². The zero-order chi connectivity index (χ0) is 20.8. The fourth-order valence-corrected chi connectivity index (χ4v) is 4.09. The van der Waals surface area contributed by atoms with Crippen molar-refractivity contribution in [2.24, 2.45) is 0 Å². The van der Waals surface area contributed by atoms with Crippen LogP contribution in [0.1, 0.15) is 39.4 Å². The van der Waals surface area contributed by atoms with Crippen LogP contribution in [0.3, 0.4) is 0 Å². The number of benzene rings is 1. The van der Waals surface area contributed by atoms with E-state index >= 15 is 0 Å². The highest BCUT2D eigenvalue weighted by molar-refractivity contribution is 7.80. The minimum absolute atomic E-state index is 0.158. The number of methoxy groups -OCH3 is 1. The van der Waals surface area contributed by atoms with Crippen LogP contribution in [0.5, 0.6) is 0 Å². The van der Waals surface area contributed by atoms with Gasteiger partial charge in [-0.25, -0.2) is 9.18 Å². The molecule has 1 aromatic heterocycles. The SMILES string of the molecule is CCN(CC)C(=O)c1sc(NC(=S)Nc2cccc(F)c2)c(C(=O)OC)c1C. The van der Waals surface area contributed by atoms with E-state index < -0.39 is 11.8 Å². The van der Waals surface area contributed by atoms with Crippen LogP contribution in [-0.4, -0.2) is 42.1 Å². The standard InChI is InChI=1S/C19H22FN3O3S2/c1-5-23(6-2)17(24)15-11(3)14(18(25)26-4)16(28-15)22-19(27)21-13-9-7-8-12(20)10-13/h7-10H,5-6H2,1-4H3,(H2,21,22,27). The predicted molar refractivity (Wildman–Crippen MR) is 114 cm³/mol. The molecule has 0 radical (unpaired) electrons. The van der Waals surface area contributed by atoms with E-state index in [2.05, 4.69) is 10.6 Å². The van der Waals surface area contributed by atoms with Crippen LogP contribution in [0.25, 0.3) is 0 Å². The number of thiophene rings is 1. The summed E-state index contributed by atoms with van der Waals surface area (Å²) in [6, 6.07) is 5.83. The number of nitrogens with one attached hydrogen (secondary N) is 2. The number of rotatable bonds is 6. The molecule has 0 aliphatic rings. The average Bonchev–Trinajstić information content (AvgIpc) is 2.97. The highest BCUT2D eigenvalue weighted by atomic mass is 32.1. The molecule has 0 fully saturated rings. The van der Waals surface area contributed by atoms with Crippen LogP contribution >= 0.6 is 23.6 Å². The van der Waals surface area contributed by atoms with Gasteiger partial charge in [-0.15, -0.1) is 11.3 Å². The lowest BCUT2D eigenvalue weighted by Gasteiger charge is -2.17. The van der Waals surface area contributed by atoms with Gasteiger partial charge in [0.15, 0.2) is 5.11 Å². The number of thiocarbonyl (C=S) groups is 1. The lowest BCUT2D eigenvalue weighted by atomic mass is 10.1. The molecule has 1 aromatic carbocycles. The number of anilines is 2. The Balaban J connectivity index is 2.34. The van der Waals surface area contributed by atoms with Gasteiger partial charge in [0.25, 0.3) is 5.91 Å². The van der Waals surface area contributed by atoms with Crippen molar-refractivity contribution in [3.05, 3.63) is 46.1 Å². The lowest BCUT2D eigenvalue weighted by Crippen LogP contribution is -2.30. The first-order valence-corrected chi connectivity index (χ1v) is 9.89. The first-order chi connectivity index (χ1) is 13.3. The maximum Gasteiger partial charge on any atom is 0.341 e. The first-order valence-electron chi connectivity index (χ1n) is 8.66. The van der Waals surface area contributed by atoms with E-state index in [0.717, 1.165) is 11.3 Å². The van der Waals surface area contributed by atoms with Crippen LogP contribution in [0.4, 0.5) is 15.1 Å². The highest BCUT2D eigenvalue weighted by Crippen LogP contribution is 2.34. The monoisotopic (exact) mass is 423 g/mol. The van der Waals surface area contributed by atoms with E-state index in [1.807, 2.05) is 13.8 Å². The Labute approximate surface area is 172 Å². The Morgan fingerprint density at radius 2 is 1.93 bits per heavy atom. The van der Waals surface area contributed by atoms with Crippen LogP contribution < -0.4 is 10.6 Å². The second-order valence-electron chi connectivity index (χ2n) is 5.82. The summed E-state index contributed by atoms with van der Waals surface area (Å²) in [5, 5.41) is 6.35. The van der Waals surface area contributed by atoms with Crippen LogP contribution in [0.15, 0.2) is 24.3 Å². The second-order valence-corrected chi connectivity index (χ2v) is 7.25. The van der Waals surface area contributed by atoms with Crippen LogP contribution in [-0.2, 0) is 4.74 Å². The number of halogens is 1. The summed E-state index contributed by atoms with van der Waals surface area (Å²) in [5.41, 5.74) is 1.25. The van der Waals surface area contributed by atoms with Crippen molar-refractivity contribution >= 4 is 51.2 Å². The second kappa shape index (κ2) is 9.61. The molecule has 1 amide bonds. The van der Waals surface area contributed by atoms with Gasteiger partial charge in [-0.3, -0.25) is 4.79 Å². The molecular weight excluding hydrogens is 401 g/mol. The quantitative estimate of drug-likeness (QED) is 0.534. The summed E-state index contributed by atoms with van der Waals surface area (Å²) < 4.78 is 18.2. The first kappa shape index (κ1) is 21.8. The number of carbonyl (C=O) groups is 2. The summed E-state index contributed by atoms with van der Waals surface area (Å²) in [5.74, 6) is -1.12. The summed E-state index contributed by atoms with van der Waals surface area (Å²) in [6.07, 6.45) is 0. The fourth-order valence-electron chi connectivity index (χ4n) is 2.64. The van der Waals surface area contributed by atoms with Crippen molar-refractivity contribution in [1.29, 1.82) is 0 Å². The predicted octanol–water partition coefficient (Wildman–Crippen LogP) is 4.27. The Morgan fingerprint density at radius 3 is 2.50 bits per heavy atom. The van der Waals surface area contributed by atoms with Crippen LogP contribution in [0, 0.1) is 12.7 Å².